The van der Waals surface area contributed by atoms with Gasteiger partial charge in [-0.25, -0.2) is 9.37 Å². The van der Waals surface area contributed by atoms with Crippen LogP contribution in [0.15, 0.2) is 54.9 Å². The number of hydrogen-bond acceptors (Lipinski definition) is 3. The lowest BCUT2D eigenvalue weighted by atomic mass is 9.97. The van der Waals surface area contributed by atoms with Gasteiger partial charge < -0.3 is 14.6 Å². The second kappa shape index (κ2) is 7.80. The number of nitrogens with one attached hydrogen (secondary N) is 1. The highest BCUT2D eigenvalue weighted by Gasteiger charge is 2.26. The van der Waals surface area contributed by atoms with E-state index in [-0.39, 0.29) is 23.5 Å². The van der Waals surface area contributed by atoms with Gasteiger partial charge in [0.25, 0.3) is 11.8 Å². The number of amides is 2. The summed E-state index contributed by atoms with van der Waals surface area (Å²) >= 11 is 0. The van der Waals surface area contributed by atoms with E-state index in [0.717, 1.165) is 18.5 Å². The monoisotopic (exact) mass is 380 g/mol. The van der Waals surface area contributed by atoms with Crippen LogP contribution < -0.4 is 5.32 Å². The van der Waals surface area contributed by atoms with Crippen LogP contribution in [0.5, 0.6) is 0 Å². The topological polar surface area (TPSA) is 66.7 Å². The Bertz CT molecular complexity index is 966. The Morgan fingerprint density at radius 1 is 1.18 bits per heavy atom. The average Bonchev–Trinajstić information content (AvgIpc) is 3.16. The number of hydrogen-bond donors (Lipinski definition) is 1. The summed E-state index contributed by atoms with van der Waals surface area (Å²) in [5.41, 5.74) is 1.60. The van der Waals surface area contributed by atoms with Crippen LogP contribution in [0.4, 0.5) is 4.39 Å². The van der Waals surface area contributed by atoms with Gasteiger partial charge in [0.15, 0.2) is 0 Å². The van der Waals surface area contributed by atoms with Gasteiger partial charge in [-0.05, 0) is 55.2 Å². The van der Waals surface area contributed by atoms with Gasteiger partial charge in [-0.3, -0.25) is 9.59 Å². The van der Waals surface area contributed by atoms with Crippen LogP contribution in [0.1, 0.15) is 33.7 Å². The number of benzene rings is 1. The van der Waals surface area contributed by atoms with Crippen LogP contribution in [0, 0.1) is 11.7 Å². The molecule has 2 aromatic heterocycles. The van der Waals surface area contributed by atoms with E-state index in [1.54, 1.807) is 11.1 Å². The standard InChI is InChI=1S/C21H21FN4O2/c22-17-8-6-16(7-9-17)20(27)23-12-15-4-3-11-26(13-15)21(28)18-14-25-10-2-1-5-19(25)24-18/h1-2,5-10,14-15H,3-4,11-13H2,(H,23,27)/t15-/m0/s1. The summed E-state index contributed by atoms with van der Waals surface area (Å²) in [6.45, 7) is 1.75. The quantitative estimate of drug-likeness (QED) is 0.757. The SMILES string of the molecule is O=C(NC[C@@H]1CCCN(C(=O)c2cn3ccccc3n2)C1)c1ccc(F)cc1. The number of carbonyl (C=O) groups excluding carboxylic acids is 2. The molecule has 4 rings (SSSR count). The van der Waals surface area contributed by atoms with Crippen LogP contribution in [0.3, 0.4) is 0 Å². The number of imidazole rings is 1. The van der Waals surface area contributed by atoms with E-state index in [2.05, 4.69) is 10.3 Å². The molecule has 0 spiro atoms. The highest BCUT2D eigenvalue weighted by molar-refractivity contribution is 5.94. The van der Waals surface area contributed by atoms with Crippen molar-refractivity contribution in [3.63, 3.8) is 0 Å². The normalized spacial score (nSPS) is 16.9. The maximum absolute atomic E-state index is 13.0. The molecule has 144 valence electrons. The van der Waals surface area contributed by atoms with Crippen LogP contribution >= 0.6 is 0 Å². The van der Waals surface area contributed by atoms with Gasteiger partial charge in [0, 0.05) is 37.6 Å². The number of aromatic nitrogens is 2. The molecule has 1 fully saturated rings. The zero-order chi connectivity index (χ0) is 19.5. The molecule has 0 saturated carbocycles. The first-order chi connectivity index (χ1) is 13.6. The number of likely N-dealkylation sites (tertiary alicyclic amines) is 1. The van der Waals surface area contributed by atoms with Crippen molar-refractivity contribution in [1.29, 1.82) is 0 Å². The van der Waals surface area contributed by atoms with Crippen LogP contribution in [0.25, 0.3) is 5.65 Å². The molecule has 6 nitrogen and oxygen atoms in total. The van der Waals surface area contributed by atoms with Crippen molar-refractivity contribution in [2.45, 2.75) is 12.8 Å². The highest BCUT2D eigenvalue weighted by Crippen LogP contribution is 2.18. The van der Waals surface area contributed by atoms with Gasteiger partial charge >= 0.3 is 0 Å². The predicted molar refractivity (Wildman–Crippen MR) is 103 cm³/mol. The Hall–Kier alpha value is -3.22. The summed E-state index contributed by atoms with van der Waals surface area (Å²) in [6, 6.07) is 11.1. The van der Waals surface area contributed by atoms with Gasteiger partial charge in [-0.15, -0.1) is 0 Å². The third kappa shape index (κ3) is 3.88. The molecule has 0 radical (unpaired) electrons. The Balaban J connectivity index is 1.36. The summed E-state index contributed by atoms with van der Waals surface area (Å²) < 4.78 is 14.8. The fourth-order valence-corrected chi connectivity index (χ4v) is 3.56. The van der Waals surface area contributed by atoms with Gasteiger partial charge in [0.2, 0.25) is 0 Å². The van der Waals surface area contributed by atoms with E-state index >= 15 is 0 Å². The lowest BCUT2D eigenvalue weighted by Gasteiger charge is -2.32. The first-order valence-electron chi connectivity index (χ1n) is 9.37. The molecule has 7 heteroatoms. The van der Waals surface area contributed by atoms with E-state index in [1.165, 1.54) is 24.3 Å². The lowest BCUT2D eigenvalue weighted by Crippen LogP contribution is -2.43. The molecule has 3 heterocycles. The number of fused-ring (bicyclic) bond motifs is 1. The van der Waals surface area contributed by atoms with Crippen molar-refractivity contribution in [1.82, 2.24) is 19.6 Å². The second-order valence-corrected chi connectivity index (χ2v) is 7.07. The molecule has 1 aliphatic rings. The molecule has 1 aromatic carbocycles. The minimum atomic E-state index is -0.370. The number of nitrogens with zero attached hydrogens (tertiary/aromatic N) is 3. The Kier molecular flexibility index (Phi) is 5.06. The molecule has 0 aliphatic carbocycles. The zero-order valence-electron chi connectivity index (χ0n) is 15.3. The average molecular weight is 380 g/mol. The van der Waals surface area contributed by atoms with Crippen LogP contribution in [0.2, 0.25) is 0 Å². The molecule has 1 aliphatic heterocycles. The summed E-state index contributed by atoms with van der Waals surface area (Å²) in [7, 11) is 0. The Labute approximate surface area is 162 Å². The number of rotatable bonds is 4. The van der Waals surface area contributed by atoms with E-state index < -0.39 is 0 Å². The molecule has 1 saturated heterocycles. The maximum atomic E-state index is 13.0. The van der Waals surface area contributed by atoms with Gasteiger partial charge in [-0.1, -0.05) is 6.07 Å². The Morgan fingerprint density at radius 3 is 2.79 bits per heavy atom. The first kappa shape index (κ1) is 18.2. The molecular formula is C21H21FN4O2. The smallest absolute Gasteiger partial charge is 0.274 e. The molecule has 1 atom stereocenters. The summed E-state index contributed by atoms with van der Waals surface area (Å²) in [5.74, 6) is -0.508. The van der Waals surface area contributed by atoms with Crippen LogP contribution in [-0.2, 0) is 0 Å². The number of carbonyl (C=O) groups is 2. The molecular weight excluding hydrogens is 359 g/mol. The summed E-state index contributed by atoms with van der Waals surface area (Å²) in [6.07, 6.45) is 5.44. The van der Waals surface area contributed by atoms with Crippen molar-refractivity contribution >= 4 is 17.5 Å². The van der Waals surface area contributed by atoms with Crippen LogP contribution in [-0.4, -0.2) is 45.7 Å². The van der Waals surface area contributed by atoms with Crippen molar-refractivity contribution in [3.05, 3.63) is 71.9 Å². The summed E-state index contributed by atoms with van der Waals surface area (Å²) in [5, 5.41) is 2.89. The zero-order valence-corrected chi connectivity index (χ0v) is 15.3. The van der Waals surface area contributed by atoms with E-state index in [1.807, 2.05) is 28.8 Å². The van der Waals surface area contributed by atoms with E-state index in [9.17, 15) is 14.0 Å². The van der Waals surface area contributed by atoms with Gasteiger partial charge in [-0.2, -0.15) is 0 Å². The number of halogens is 1. The minimum absolute atomic E-state index is 0.0849. The minimum Gasteiger partial charge on any atom is -0.352 e. The highest BCUT2D eigenvalue weighted by atomic mass is 19.1. The van der Waals surface area contributed by atoms with Crippen molar-refractivity contribution in [3.8, 4) is 0 Å². The molecule has 2 amide bonds. The predicted octanol–water partition coefficient (Wildman–Crippen LogP) is 2.76. The van der Waals surface area contributed by atoms with Gasteiger partial charge in [0.1, 0.15) is 17.2 Å². The molecule has 28 heavy (non-hydrogen) atoms. The fourth-order valence-electron chi connectivity index (χ4n) is 3.56. The maximum Gasteiger partial charge on any atom is 0.274 e. The Morgan fingerprint density at radius 2 is 2.00 bits per heavy atom. The van der Waals surface area contributed by atoms with Crippen molar-refractivity contribution < 1.29 is 14.0 Å². The first-order valence-corrected chi connectivity index (χ1v) is 9.37. The molecule has 0 unspecified atom stereocenters. The molecule has 3 aromatic rings. The van der Waals surface area contributed by atoms with E-state index in [0.29, 0.717) is 30.9 Å². The molecule has 0 bridgehead atoms. The summed E-state index contributed by atoms with van der Waals surface area (Å²) in [4.78, 5) is 31.3. The third-order valence-electron chi connectivity index (χ3n) is 5.05. The van der Waals surface area contributed by atoms with E-state index in [4.69, 9.17) is 0 Å². The number of piperidine rings is 1. The lowest BCUT2D eigenvalue weighted by molar-refractivity contribution is 0.0665. The van der Waals surface area contributed by atoms with Crippen molar-refractivity contribution in [2.24, 2.45) is 5.92 Å². The van der Waals surface area contributed by atoms with Gasteiger partial charge in [0.05, 0.1) is 0 Å². The van der Waals surface area contributed by atoms with Crippen molar-refractivity contribution in [2.75, 3.05) is 19.6 Å². The third-order valence-corrected chi connectivity index (χ3v) is 5.05. The molecule has 1 N–H and O–H groups in total. The second-order valence-electron chi connectivity index (χ2n) is 7.07. The number of pyridine rings is 1. The largest absolute Gasteiger partial charge is 0.352 e. The fraction of sp³-hybridized carbons (Fsp3) is 0.286.